The first-order chi connectivity index (χ1) is 12.8. The lowest BCUT2D eigenvalue weighted by molar-refractivity contribution is -0.167. The van der Waals surface area contributed by atoms with Gasteiger partial charge in [-0.15, -0.1) is 0 Å². The van der Waals surface area contributed by atoms with E-state index in [0.717, 1.165) is 0 Å². The van der Waals surface area contributed by atoms with Crippen LogP contribution in [0.25, 0.3) is 0 Å². The lowest BCUT2D eigenvalue weighted by atomic mass is 10.0. The fourth-order valence-corrected chi connectivity index (χ4v) is 2.75. The van der Waals surface area contributed by atoms with Crippen LogP contribution < -0.4 is 4.74 Å². The largest absolute Gasteiger partial charge is 0.487 e. The Morgan fingerprint density at radius 1 is 1.11 bits per heavy atom. The maximum atomic E-state index is 13.3. The van der Waals surface area contributed by atoms with Crippen molar-refractivity contribution < 1.29 is 28.2 Å². The Balaban J connectivity index is 2.74. The van der Waals surface area contributed by atoms with Crippen LogP contribution in [-0.4, -0.2) is 29.7 Å². The first kappa shape index (κ1) is 23.9. The summed E-state index contributed by atoms with van der Waals surface area (Å²) in [5.74, 6) is -1.35. The van der Waals surface area contributed by atoms with E-state index < -0.39 is 35.7 Å². The molecule has 0 aliphatic heterocycles. The average Bonchev–Trinajstić information content (AvgIpc) is 2.52. The maximum absolute atomic E-state index is 13.3. The molecule has 0 aromatic heterocycles. The van der Waals surface area contributed by atoms with Crippen molar-refractivity contribution in [1.82, 2.24) is 0 Å². The Labute approximate surface area is 167 Å². The van der Waals surface area contributed by atoms with E-state index in [4.69, 9.17) is 14.2 Å². The van der Waals surface area contributed by atoms with Gasteiger partial charge in [-0.2, -0.15) is 0 Å². The van der Waals surface area contributed by atoms with Crippen molar-refractivity contribution >= 4 is 11.9 Å². The van der Waals surface area contributed by atoms with E-state index in [1.165, 1.54) is 12.1 Å². The summed E-state index contributed by atoms with van der Waals surface area (Å²) in [4.78, 5) is 24.4. The van der Waals surface area contributed by atoms with E-state index in [0.29, 0.717) is 11.3 Å². The molecule has 6 heteroatoms. The molecule has 0 saturated carbocycles. The molecule has 0 bridgehead atoms. The Kier molecular flexibility index (Phi) is 8.46. The van der Waals surface area contributed by atoms with E-state index in [9.17, 15) is 14.0 Å². The zero-order valence-corrected chi connectivity index (χ0v) is 18.2. The summed E-state index contributed by atoms with van der Waals surface area (Å²) < 4.78 is 30.1. The van der Waals surface area contributed by atoms with E-state index in [1.54, 1.807) is 47.6 Å². The van der Waals surface area contributed by atoms with Gasteiger partial charge in [0.15, 0.2) is 0 Å². The minimum Gasteiger partial charge on any atom is -0.487 e. The Morgan fingerprint density at radius 2 is 1.71 bits per heavy atom. The minimum absolute atomic E-state index is 0.00608. The molecule has 158 valence electrons. The topological polar surface area (TPSA) is 61.8 Å². The molecular formula is C22H33FO5. The van der Waals surface area contributed by atoms with Gasteiger partial charge >= 0.3 is 11.9 Å². The van der Waals surface area contributed by atoms with Gasteiger partial charge in [0.05, 0.1) is 12.3 Å². The summed E-state index contributed by atoms with van der Waals surface area (Å²) in [5, 5.41) is 0. The predicted octanol–water partition coefficient (Wildman–Crippen LogP) is 4.84. The summed E-state index contributed by atoms with van der Waals surface area (Å²) in [6, 6.07) is 4.28. The molecule has 1 aromatic rings. The van der Waals surface area contributed by atoms with Crippen molar-refractivity contribution in [2.24, 2.45) is 11.8 Å². The van der Waals surface area contributed by atoms with Gasteiger partial charge in [-0.1, -0.05) is 20.8 Å². The zero-order valence-electron chi connectivity index (χ0n) is 18.2. The molecule has 0 aliphatic carbocycles. The summed E-state index contributed by atoms with van der Waals surface area (Å²) in [6.07, 6.45) is -1.01. The van der Waals surface area contributed by atoms with Crippen molar-refractivity contribution in [3.05, 3.63) is 29.6 Å². The van der Waals surface area contributed by atoms with Crippen LogP contribution in [-0.2, 0) is 19.1 Å². The van der Waals surface area contributed by atoms with Crippen LogP contribution >= 0.6 is 0 Å². The highest BCUT2D eigenvalue weighted by Gasteiger charge is 2.30. The van der Waals surface area contributed by atoms with Gasteiger partial charge in [-0.25, -0.2) is 4.39 Å². The molecule has 0 radical (unpaired) electrons. The van der Waals surface area contributed by atoms with Gasteiger partial charge in [0, 0.05) is 0 Å². The SMILES string of the molecule is Cc1cc(F)ccc1O[C@@H](C)[C@H](OC(=O)[C@H](C)CC(=O)OC(C)(C)C)C(C)C. The van der Waals surface area contributed by atoms with Crippen molar-refractivity contribution in [3.63, 3.8) is 0 Å². The van der Waals surface area contributed by atoms with Crippen molar-refractivity contribution in [2.45, 2.75) is 79.6 Å². The highest BCUT2D eigenvalue weighted by atomic mass is 19.1. The number of halogens is 1. The molecule has 0 N–H and O–H groups in total. The number of rotatable bonds is 8. The first-order valence-electron chi connectivity index (χ1n) is 9.65. The lowest BCUT2D eigenvalue weighted by Crippen LogP contribution is -2.39. The lowest BCUT2D eigenvalue weighted by Gasteiger charge is -2.29. The second kappa shape index (κ2) is 9.89. The Hall–Kier alpha value is -2.11. The molecule has 0 spiro atoms. The second-order valence-electron chi connectivity index (χ2n) is 8.57. The number of hydrogen-bond donors (Lipinski definition) is 0. The van der Waals surface area contributed by atoms with Crippen LogP contribution in [0, 0.1) is 24.6 Å². The first-order valence-corrected chi connectivity index (χ1v) is 9.65. The van der Waals surface area contributed by atoms with Crippen molar-refractivity contribution in [2.75, 3.05) is 0 Å². The van der Waals surface area contributed by atoms with Crippen molar-refractivity contribution in [1.29, 1.82) is 0 Å². The van der Waals surface area contributed by atoms with Crippen LogP contribution in [0.15, 0.2) is 18.2 Å². The molecule has 28 heavy (non-hydrogen) atoms. The van der Waals surface area contributed by atoms with Crippen LogP contribution in [0.1, 0.15) is 60.5 Å². The highest BCUT2D eigenvalue weighted by molar-refractivity contribution is 5.80. The third kappa shape index (κ3) is 7.87. The minimum atomic E-state index is -0.629. The van der Waals surface area contributed by atoms with E-state index in [-0.39, 0.29) is 18.2 Å². The Bertz CT molecular complexity index is 678. The van der Waals surface area contributed by atoms with E-state index >= 15 is 0 Å². The number of carbonyl (C=O) groups is 2. The predicted molar refractivity (Wildman–Crippen MR) is 106 cm³/mol. The zero-order chi connectivity index (χ0) is 21.6. The normalized spacial score (nSPS) is 14.9. The molecule has 0 unspecified atom stereocenters. The van der Waals surface area contributed by atoms with Gasteiger partial charge in [0.2, 0.25) is 0 Å². The van der Waals surface area contributed by atoms with Gasteiger partial charge < -0.3 is 14.2 Å². The smallest absolute Gasteiger partial charge is 0.309 e. The van der Waals surface area contributed by atoms with Crippen LogP contribution in [0.2, 0.25) is 0 Å². The van der Waals surface area contributed by atoms with Gasteiger partial charge in [-0.05, 0) is 64.3 Å². The molecule has 1 rings (SSSR count). The molecule has 0 fully saturated rings. The van der Waals surface area contributed by atoms with Gasteiger partial charge in [0.25, 0.3) is 0 Å². The second-order valence-corrected chi connectivity index (χ2v) is 8.57. The maximum Gasteiger partial charge on any atom is 0.309 e. The average molecular weight is 396 g/mol. The summed E-state index contributed by atoms with van der Waals surface area (Å²) >= 11 is 0. The summed E-state index contributed by atoms with van der Waals surface area (Å²) in [7, 11) is 0. The molecule has 5 nitrogen and oxygen atoms in total. The molecular weight excluding hydrogens is 363 g/mol. The number of ether oxygens (including phenoxy) is 3. The third-order valence-corrected chi connectivity index (χ3v) is 4.12. The van der Waals surface area contributed by atoms with Crippen LogP contribution in [0.3, 0.4) is 0 Å². The van der Waals surface area contributed by atoms with Crippen molar-refractivity contribution in [3.8, 4) is 5.75 Å². The molecule has 3 atom stereocenters. The number of benzene rings is 1. The number of esters is 2. The number of carbonyl (C=O) groups excluding carboxylic acids is 2. The fourth-order valence-electron chi connectivity index (χ4n) is 2.75. The Morgan fingerprint density at radius 3 is 2.21 bits per heavy atom. The molecule has 1 aromatic carbocycles. The molecule has 0 heterocycles. The third-order valence-electron chi connectivity index (χ3n) is 4.12. The van der Waals surface area contributed by atoms with E-state index in [2.05, 4.69) is 0 Å². The van der Waals surface area contributed by atoms with Gasteiger partial charge in [0.1, 0.15) is 29.4 Å². The summed E-state index contributed by atoms with van der Waals surface area (Å²) in [5.41, 5.74) is 0.0651. The summed E-state index contributed by atoms with van der Waals surface area (Å²) in [6.45, 7) is 14.4. The molecule has 0 saturated heterocycles. The van der Waals surface area contributed by atoms with E-state index in [1.807, 2.05) is 13.8 Å². The van der Waals surface area contributed by atoms with Crippen LogP contribution in [0.4, 0.5) is 4.39 Å². The quantitative estimate of drug-likeness (QED) is 0.589. The van der Waals surface area contributed by atoms with Gasteiger partial charge in [-0.3, -0.25) is 9.59 Å². The standard InChI is InChI=1S/C22H33FO5/c1-13(2)20(16(5)26-18-10-9-17(23)11-14(18)3)27-21(25)15(4)12-19(24)28-22(6,7)8/h9-11,13,15-16,20H,12H2,1-8H3/t15-,16+,20-/m1/s1. The highest BCUT2D eigenvalue weighted by Crippen LogP contribution is 2.24. The monoisotopic (exact) mass is 396 g/mol. The molecule has 0 aliphatic rings. The number of hydrogen-bond acceptors (Lipinski definition) is 5. The molecule has 0 amide bonds. The fraction of sp³-hybridized carbons (Fsp3) is 0.636. The number of aryl methyl sites for hydroxylation is 1. The van der Waals surface area contributed by atoms with Crippen LogP contribution in [0.5, 0.6) is 5.75 Å².